The topological polar surface area (TPSA) is 29.3 Å². The molecule has 0 amide bonds. The zero-order valence-corrected chi connectivity index (χ0v) is 11.7. The van der Waals surface area contributed by atoms with Crippen molar-refractivity contribution >= 4 is 0 Å². The minimum absolute atomic E-state index is 0.486. The second-order valence-corrected chi connectivity index (χ2v) is 6.70. The third-order valence-corrected chi connectivity index (χ3v) is 4.37. The van der Waals surface area contributed by atoms with Crippen molar-refractivity contribution in [2.24, 2.45) is 17.6 Å². The van der Waals surface area contributed by atoms with Gasteiger partial charge in [0.2, 0.25) is 0 Å². The van der Waals surface area contributed by atoms with Gasteiger partial charge >= 0.3 is 0 Å². The third-order valence-electron chi connectivity index (χ3n) is 4.37. The first-order valence-electron chi connectivity index (χ1n) is 7.64. The third kappa shape index (κ3) is 4.59. The average molecular weight is 238 g/mol. The molecule has 2 saturated carbocycles. The Morgan fingerprint density at radius 3 is 2.53 bits per heavy atom. The first-order chi connectivity index (χ1) is 8.15. The maximum Gasteiger partial charge on any atom is 0.00965 e. The molecule has 0 spiro atoms. The molecule has 2 nitrogen and oxygen atoms in total. The summed E-state index contributed by atoms with van der Waals surface area (Å²) in [4.78, 5) is 2.77. The summed E-state index contributed by atoms with van der Waals surface area (Å²) in [6.07, 6.45) is 9.53. The molecule has 2 aliphatic rings. The van der Waals surface area contributed by atoms with Gasteiger partial charge in [-0.1, -0.05) is 20.3 Å². The molecule has 0 aromatic rings. The minimum Gasteiger partial charge on any atom is -0.328 e. The second-order valence-electron chi connectivity index (χ2n) is 6.70. The molecule has 0 saturated heterocycles. The van der Waals surface area contributed by atoms with Gasteiger partial charge in [-0.15, -0.1) is 0 Å². The first kappa shape index (κ1) is 13.4. The maximum absolute atomic E-state index is 6.10. The summed E-state index contributed by atoms with van der Waals surface area (Å²) < 4.78 is 0. The van der Waals surface area contributed by atoms with Crippen LogP contribution in [0.25, 0.3) is 0 Å². The van der Waals surface area contributed by atoms with E-state index in [1.54, 1.807) is 0 Å². The van der Waals surface area contributed by atoms with Crippen molar-refractivity contribution < 1.29 is 0 Å². The summed E-state index contributed by atoms with van der Waals surface area (Å²) >= 11 is 0. The lowest BCUT2D eigenvalue weighted by Crippen LogP contribution is -2.37. The van der Waals surface area contributed by atoms with E-state index in [-0.39, 0.29) is 0 Å². The Bertz CT molecular complexity index is 223. The molecule has 2 unspecified atom stereocenters. The van der Waals surface area contributed by atoms with Crippen molar-refractivity contribution in [2.45, 2.75) is 70.9 Å². The number of nitrogens with zero attached hydrogens (tertiary/aromatic N) is 1. The maximum atomic E-state index is 6.10. The second kappa shape index (κ2) is 6.19. The van der Waals surface area contributed by atoms with E-state index in [1.165, 1.54) is 58.0 Å². The Kier molecular flexibility index (Phi) is 4.87. The van der Waals surface area contributed by atoms with Gasteiger partial charge in [-0.05, 0) is 56.9 Å². The molecule has 2 rings (SSSR count). The molecular weight excluding hydrogens is 208 g/mol. The predicted octanol–water partition coefficient (Wildman–Crippen LogP) is 3.01. The van der Waals surface area contributed by atoms with E-state index in [9.17, 15) is 0 Å². The summed E-state index contributed by atoms with van der Waals surface area (Å²) in [7, 11) is 0. The van der Waals surface area contributed by atoms with Crippen LogP contribution in [-0.4, -0.2) is 30.1 Å². The molecule has 2 aliphatic carbocycles. The van der Waals surface area contributed by atoms with Crippen LogP contribution in [0.3, 0.4) is 0 Å². The summed E-state index contributed by atoms with van der Waals surface area (Å²) in [5.41, 5.74) is 6.10. The Morgan fingerprint density at radius 2 is 1.94 bits per heavy atom. The van der Waals surface area contributed by atoms with Crippen molar-refractivity contribution in [2.75, 3.05) is 13.1 Å². The van der Waals surface area contributed by atoms with Crippen LogP contribution in [0.15, 0.2) is 0 Å². The van der Waals surface area contributed by atoms with Gasteiger partial charge in [0.25, 0.3) is 0 Å². The average Bonchev–Trinajstić information content (AvgIpc) is 3.07. The molecule has 2 N–H and O–H groups in total. The Balaban J connectivity index is 1.76. The van der Waals surface area contributed by atoms with Gasteiger partial charge in [0.1, 0.15) is 0 Å². The summed E-state index contributed by atoms with van der Waals surface area (Å²) in [5.74, 6) is 1.72. The number of hydrogen-bond acceptors (Lipinski definition) is 2. The molecule has 0 bridgehead atoms. The fourth-order valence-corrected chi connectivity index (χ4v) is 3.12. The standard InChI is InChI=1S/C15H30N2/c1-12(2)8-9-17(15-6-7-15)11-13-4-3-5-14(16)10-13/h12-15H,3-11,16H2,1-2H3. The van der Waals surface area contributed by atoms with Crippen LogP contribution in [0.1, 0.15) is 58.8 Å². The Hall–Kier alpha value is -0.0800. The molecule has 17 heavy (non-hydrogen) atoms. The highest BCUT2D eigenvalue weighted by atomic mass is 15.2. The molecule has 2 heteroatoms. The summed E-state index contributed by atoms with van der Waals surface area (Å²) in [6.45, 7) is 7.31. The van der Waals surface area contributed by atoms with Crippen molar-refractivity contribution in [1.29, 1.82) is 0 Å². The van der Waals surface area contributed by atoms with Crippen LogP contribution in [-0.2, 0) is 0 Å². The van der Waals surface area contributed by atoms with Gasteiger partial charge in [-0.3, -0.25) is 0 Å². The van der Waals surface area contributed by atoms with Crippen LogP contribution in [0.5, 0.6) is 0 Å². The van der Waals surface area contributed by atoms with Crippen LogP contribution >= 0.6 is 0 Å². The molecule has 0 aliphatic heterocycles. The van der Waals surface area contributed by atoms with Crippen molar-refractivity contribution in [3.05, 3.63) is 0 Å². The van der Waals surface area contributed by atoms with Crippen LogP contribution < -0.4 is 5.73 Å². The smallest absolute Gasteiger partial charge is 0.00965 e. The quantitative estimate of drug-likeness (QED) is 0.771. The molecular formula is C15H30N2. The van der Waals surface area contributed by atoms with E-state index in [1.807, 2.05) is 0 Å². The zero-order chi connectivity index (χ0) is 12.3. The normalized spacial score (nSPS) is 30.2. The van der Waals surface area contributed by atoms with Crippen LogP contribution in [0, 0.1) is 11.8 Å². The number of hydrogen-bond donors (Lipinski definition) is 1. The van der Waals surface area contributed by atoms with E-state index >= 15 is 0 Å². The first-order valence-corrected chi connectivity index (χ1v) is 7.64. The summed E-state index contributed by atoms with van der Waals surface area (Å²) in [5, 5.41) is 0. The molecule has 0 radical (unpaired) electrons. The lowest BCUT2D eigenvalue weighted by molar-refractivity contribution is 0.178. The molecule has 0 heterocycles. The lowest BCUT2D eigenvalue weighted by atomic mass is 9.85. The lowest BCUT2D eigenvalue weighted by Gasteiger charge is -2.32. The fourth-order valence-electron chi connectivity index (χ4n) is 3.12. The van der Waals surface area contributed by atoms with E-state index in [0.717, 1.165) is 17.9 Å². The van der Waals surface area contributed by atoms with Crippen molar-refractivity contribution in [1.82, 2.24) is 4.90 Å². The number of nitrogens with two attached hydrogens (primary N) is 1. The number of rotatable bonds is 6. The summed E-state index contributed by atoms with van der Waals surface area (Å²) in [6, 6.07) is 1.41. The highest BCUT2D eigenvalue weighted by Crippen LogP contribution is 2.31. The molecule has 0 aromatic heterocycles. The van der Waals surface area contributed by atoms with E-state index in [4.69, 9.17) is 5.73 Å². The van der Waals surface area contributed by atoms with Crippen LogP contribution in [0.4, 0.5) is 0 Å². The molecule has 2 fully saturated rings. The Labute approximate surface area is 107 Å². The molecule has 100 valence electrons. The van der Waals surface area contributed by atoms with E-state index in [0.29, 0.717) is 6.04 Å². The monoisotopic (exact) mass is 238 g/mol. The molecule has 0 aromatic carbocycles. The Morgan fingerprint density at radius 1 is 1.18 bits per heavy atom. The zero-order valence-electron chi connectivity index (χ0n) is 11.7. The van der Waals surface area contributed by atoms with Gasteiger partial charge in [0, 0.05) is 18.6 Å². The van der Waals surface area contributed by atoms with Gasteiger partial charge < -0.3 is 10.6 Å². The van der Waals surface area contributed by atoms with E-state index in [2.05, 4.69) is 18.7 Å². The minimum atomic E-state index is 0.486. The van der Waals surface area contributed by atoms with Crippen molar-refractivity contribution in [3.63, 3.8) is 0 Å². The van der Waals surface area contributed by atoms with Gasteiger partial charge in [0.15, 0.2) is 0 Å². The fraction of sp³-hybridized carbons (Fsp3) is 1.00. The highest BCUT2D eigenvalue weighted by Gasteiger charge is 2.31. The van der Waals surface area contributed by atoms with Crippen molar-refractivity contribution in [3.8, 4) is 0 Å². The van der Waals surface area contributed by atoms with E-state index < -0.39 is 0 Å². The largest absolute Gasteiger partial charge is 0.328 e. The SMILES string of the molecule is CC(C)CCN(CC1CCCC(N)C1)C1CC1. The van der Waals surface area contributed by atoms with Gasteiger partial charge in [-0.25, -0.2) is 0 Å². The van der Waals surface area contributed by atoms with Gasteiger partial charge in [0.05, 0.1) is 0 Å². The van der Waals surface area contributed by atoms with Gasteiger partial charge in [-0.2, -0.15) is 0 Å². The molecule has 2 atom stereocenters. The van der Waals surface area contributed by atoms with Crippen LogP contribution in [0.2, 0.25) is 0 Å². The predicted molar refractivity (Wildman–Crippen MR) is 74.0 cm³/mol. The highest BCUT2D eigenvalue weighted by molar-refractivity contribution is 4.87.